The number of halogens is 3. The lowest BCUT2D eigenvalue weighted by molar-refractivity contribution is -0.137. The molecule has 4 heterocycles. The standard InChI is InChI=1S/C24H18F3N5O2/c25-24(26,27)16-4-2-1-3-14(16)20-29-12-18-21(32-20)31-19(30-18)13-5-8-23(9-6-13)17-11-28-10-7-15(17)22(33)34-23/h1-4,7,10-13H,5-6,8-9H2,(H,29,30,31,32). The number of fused-ring (bicyclic) bond motifs is 3. The number of carbonyl (C=O) groups excluding carboxylic acids is 1. The highest BCUT2D eigenvalue weighted by Gasteiger charge is 2.48. The largest absolute Gasteiger partial charge is 0.450 e. The number of alkyl halides is 3. The number of H-pyrrole nitrogens is 1. The van der Waals surface area contributed by atoms with E-state index >= 15 is 0 Å². The van der Waals surface area contributed by atoms with Gasteiger partial charge in [0.2, 0.25) is 0 Å². The molecule has 1 aliphatic carbocycles. The van der Waals surface area contributed by atoms with Crippen molar-refractivity contribution in [2.24, 2.45) is 0 Å². The number of nitrogens with zero attached hydrogens (tertiary/aromatic N) is 4. The third-order valence-corrected chi connectivity index (χ3v) is 6.73. The zero-order valence-electron chi connectivity index (χ0n) is 17.8. The number of esters is 1. The molecular weight excluding hydrogens is 447 g/mol. The Hall–Kier alpha value is -3.82. The van der Waals surface area contributed by atoms with E-state index in [1.807, 2.05) is 0 Å². The van der Waals surface area contributed by atoms with E-state index in [1.54, 1.807) is 18.5 Å². The number of nitrogens with one attached hydrogen (secondary N) is 1. The molecule has 1 aliphatic heterocycles. The van der Waals surface area contributed by atoms with Gasteiger partial charge in [0.25, 0.3) is 0 Å². The molecule has 0 saturated heterocycles. The average Bonchev–Trinajstić information content (AvgIpc) is 3.38. The Morgan fingerprint density at radius 2 is 1.82 bits per heavy atom. The van der Waals surface area contributed by atoms with Crippen molar-refractivity contribution in [1.29, 1.82) is 0 Å². The topological polar surface area (TPSA) is 93.6 Å². The van der Waals surface area contributed by atoms with Gasteiger partial charge in [0.05, 0.1) is 17.3 Å². The fourth-order valence-electron chi connectivity index (χ4n) is 5.03. The van der Waals surface area contributed by atoms with Gasteiger partial charge in [-0.15, -0.1) is 0 Å². The molecule has 10 heteroatoms. The number of ether oxygens (including phenoxy) is 1. The third-order valence-electron chi connectivity index (χ3n) is 6.73. The number of imidazole rings is 1. The molecular formula is C24H18F3N5O2. The van der Waals surface area contributed by atoms with Gasteiger partial charge >= 0.3 is 12.1 Å². The van der Waals surface area contributed by atoms with Crippen molar-refractivity contribution in [1.82, 2.24) is 24.9 Å². The lowest BCUT2D eigenvalue weighted by Gasteiger charge is -2.35. The summed E-state index contributed by atoms with van der Waals surface area (Å²) in [4.78, 5) is 32.7. The molecule has 4 aromatic rings. The minimum Gasteiger partial charge on any atom is -0.450 e. The number of carbonyl (C=O) groups is 1. The van der Waals surface area contributed by atoms with Crippen LogP contribution in [0.5, 0.6) is 0 Å². The fourth-order valence-corrected chi connectivity index (χ4v) is 5.03. The second kappa shape index (κ2) is 7.34. The highest BCUT2D eigenvalue weighted by Crippen LogP contribution is 2.49. The summed E-state index contributed by atoms with van der Waals surface area (Å²) in [6.07, 6.45) is 2.95. The first-order valence-corrected chi connectivity index (χ1v) is 10.9. The number of benzene rings is 1. The van der Waals surface area contributed by atoms with E-state index in [2.05, 4.69) is 24.9 Å². The summed E-state index contributed by atoms with van der Waals surface area (Å²) in [5, 5.41) is 0. The van der Waals surface area contributed by atoms with Gasteiger partial charge in [-0.05, 0) is 37.8 Å². The molecule has 0 radical (unpaired) electrons. The van der Waals surface area contributed by atoms with Crippen LogP contribution in [0.15, 0.2) is 48.9 Å². The molecule has 1 fully saturated rings. The summed E-state index contributed by atoms with van der Waals surface area (Å²) in [6.45, 7) is 0. The van der Waals surface area contributed by atoms with E-state index in [9.17, 15) is 18.0 Å². The van der Waals surface area contributed by atoms with Gasteiger partial charge < -0.3 is 9.72 Å². The second-order valence-electron chi connectivity index (χ2n) is 8.68. The van der Waals surface area contributed by atoms with E-state index in [0.29, 0.717) is 35.4 Å². The maximum absolute atomic E-state index is 13.4. The molecule has 0 amide bonds. The van der Waals surface area contributed by atoms with Gasteiger partial charge in [-0.2, -0.15) is 13.2 Å². The Labute approximate surface area is 191 Å². The molecule has 1 N–H and O–H groups in total. The van der Waals surface area contributed by atoms with Crippen molar-refractivity contribution in [2.75, 3.05) is 0 Å². The molecule has 1 saturated carbocycles. The smallest absolute Gasteiger partial charge is 0.417 e. The van der Waals surface area contributed by atoms with Gasteiger partial charge in [-0.3, -0.25) is 4.98 Å². The molecule has 34 heavy (non-hydrogen) atoms. The van der Waals surface area contributed by atoms with Gasteiger partial charge in [-0.1, -0.05) is 18.2 Å². The highest BCUT2D eigenvalue weighted by molar-refractivity contribution is 5.94. The number of pyridine rings is 1. The van der Waals surface area contributed by atoms with E-state index in [4.69, 9.17) is 4.74 Å². The summed E-state index contributed by atoms with van der Waals surface area (Å²) in [7, 11) is 0. The number of aromatic amines is 1. The Balaban J connectivity index is 1.27. The minimum atomic E-state index is -4.51. The quantitative estimate of drug-likeness (QED) is 0.411. The Morgan fingerprint density at radius 1 is 1.03 bits per heavy atom. The highest BCUT2D eigenvalue weighted by atomic mass is 19.4. The van der Waals surface area contributed by atoms with Crippen molar-refractivity contribution < 1.29 is 22.7 Å². The zero-order chi connectivity index (χ0) is 23.5. The van der Waals surface area contributed by atoms with Crippen LogP contribution in [0, 0.1) is 0 Å². The number of hydrogen-bond acceptors (Lipinski definition) is 6. The van der Waals surface area contributed by atoms with Crippen molar-refractivity contribution in [3.8, 4) is 11.4 Å². The summed E-state index contributed by atoms with van der Waals surface area (Å²) in [5.74, 6) is 0.436. The summed E-state index contributed by atoms with van der Waals surface area (Å²) in [6, 6.07) is 6.91. The summed E-state index contributed by atoms with van der Waals surface area (Å²) < 4.78 is 46.1. The van der Waals surface area contributed by atoms with Crippen LogP contribution in [-0.4, -0.2) is 30.9 Å². The first-order chi connectivity index (χ1) is 16.3. The van der Waals surface area contributed by atoms with E-state index < -0.39 is 17.3 Å². The zero-order valence-corrected chi connectivity index (χ0v) is 17.8. The Bertz CT molecular complexity index is 1420. The first kappa shape index (κ1) is 20.8. The minimum absolute atomic E-state index is 0.0250. The van der Waals surface area contributed by atoms with Crippen LogP contribution >= 0.6 is 0 Å². The molecule has 3 aromatic heterocycles. The van der Waals surface area contributed by atoms with E-state index in [0.717, 1.165) is 24.5 Å². The van der Waals surface area contributed by atoms with Gasteiger partial charge in [0.1, 0.15) is 16.9 Å². The van der Waals surface area contributed by atoms with Gasteiger partial charge in [-0.25, -0.2) is 19.7 Å². The maximum Gasteiger partial charge on any atom is 0.417 e. The van der Waals surface area contributed by atoms with Gasteiger partial charge in [0, 0.05) is 29.4 Å². The van der Waals surface area contributed by atoms with Crippen LogP contribution < -0.4 is 0 Å². The molecule has 0 bridgehead atoms. The molecule has 172 valence electrons. The fraction of sp³-hybridized carbons (Fsp3) is 0.292. The summed E-state index contributed by atoms with van der Waals surface area (Å²) >= 11 is 0. The number of rotatable bonds is 2. The summed E-state index contributed by atoms with van der Waals surface area (Å²) in [5.41, 5.74) is 0.753. The predicted octanol–water partition coefficient (Wildman–Crippen LogP) is 5.16. The first-order valence-electron chi connectivity index (χ1n) is 10.9. The van der Waals surface area contributed by atoms with Crippen molar-refractivity contribution in [3.05, 3.63) is 71.4 Å². The van der Waals surface area contributed by atoms with Crippen LogP contribution in [0.4, 0.5) is 13.2 Å². The third kappa shape index (κ3) is 3.24. The lowest BCUT2D eigenvalue weighted by Crippen LogP contribution is -2.31. The monoisotopic (exact) mass is 465 g/mol. The Morgan fingerprint density at radius 3 is 2.62 bits per heavy atom. The normalized spacial score (nSPS) is 22.2. The van der Waals surface area contributed by atoms with Crippen molar-refractivity contribution >= 4 is 17.1 Å². The van der Waals surface area contributed by atoms with Gasteiger partial charge in [0.15, 0.2) is 11.5 Å². The lowest BCUT2D eigenvalue weighted by atomic mass is 9.75. The molecule has 1 aromatic carbocycles. The molecule has 2 aliphatic rings. The van der Waals surface area contributed by atoms with Crippen molar-refractivity contribution in [2.45, 2.75) is 43.4 Å². The molecule has 1 spiro atoms. The maximum atomic E-state index is 13.4. The van der Waals surface area contributed by atoms with Crippen LogP contribution in [0.1, 0.15) is 58.9 Å². The number of aromatic nitrogens is 5. The van der Waals surface area contributed by atoms with Crippen LogP contribution in [0.2, 0.25) is 0 Å². The van der Waals surface area contributed by atoms with E-state index in [1.165, 1.54) is 24.4 Å². The predicted molar refractivity (Wildman–Crippen MR) is 115 cm³/mol. The molecule has 7 nitrogen and oxygen atoms in total. The van der Waals surface area contributed by atoms with Crippen molar-refractivity contribution in [3.63, 3.8) is 0 Å². The molecule has 0 atom stereocenters. The molecule has 6 rings (SSSR count). The van der Waals surface area contributed by atoms with Crippen LogP contribution in [0.3, 0.4) is 0 Å². The number of hydrogen-bond donors (Lipinski definition) is 1. The Kier molecular flexibility index (Phi) is 4.48. The average molecular weight is 465 g/mol. The van der Waals surface area contributed by atoms with Crippen LogP contribution in [0.25, 0.3) is 22.6 Å². The second-order valence-corrected chi connectivity index (χ2v) is 8.68. The molecule has 0 unspecified atom stereocenters. The SMILES string of the molecule is O=C1OC2(CCC(c3nc4nc(-c5ccccc5C(F)(F)F)ncc4[nH]3)CC2)c2cnccc21. The van der Waals surface area contributed by atoms with Crippen LogP contribution in [-0.2, 0) is 16.5 Å². The van der Waals surface area contributed by atoms with E-state index in [-0.39, 0.29) is 23.3 Å².